The largest absolute Gasteiger partial charge is 0.367 e. The van der Waals surface area contributed by atoms with E-state index < -0.39 is 5.60 Å². The molecule has 0 bridgehead atoms. The van der Waals surface area contributed by atoms with E-state index >= 15 is 0 Å². The summed E-state index contributed by atoms with van der Waals surface area (Å²) >= 11 is 8.99. The second kappa shape index (κ2) is 4.32. The van der Waals surface area contributed by atoms with E-state index in [1.807, 2.05) is 27.7 Å². The minimum absolute atomic E-state index is 0.0546. The van der Waals surface area contributed by atoms with Gasteiger partial charge in [-0.1, -0.05) is 11.6 Å². The van der Waals surface area contributed by atoms with Crippen LogP contribution in [0, 0.1) is 0 Å². The molecular weight excluding hydrogens is 320 g/mol. The molecule has 1 fully saturated rings. The molecule has 1 aromatic rings. The van der Waals surface area contributed by atoms with Gasteiger partial charge in [-0.3, -0.25) is 9.36 Å². The van der Waals surface area contributed by atoms with Crippen LogP contribution >= 0.6 is 27.5 Å². The lowest BCUT2D eigenvalue weighted by molar-refractivity contribution is -0.0732. The van der Waals surface area contributed by atoms with Crippen molar-refractivity contribution in [2.24, 2.45) is 0 Å². The molecule has 100 valence electrons. The smallest absolute Gasteiger partial charge is 0.269 e. The van der Waals surface area contributed by atoms with Crippen molar-refractivity contribution in [3.8, 4) is 0 Å². The number of ether oxygens (including phenoxy) is 1. The van der Waals surface area contributed by atoms with Crippen LogP contribution in [0.25, 0.3) is 0 Å². The van der Waals surface area contributed by atoms with Crippen LogP contribution in [-0.4, -0.2) is 20.8 Å². The quantitative estimate of drug-likeness (QED) is 0.740. The predicted molar refractivity (Wildman–Crippen MR) is 74.1 cm³/mol. The fraction of sp³-hybridized carbons (Fsp3) is 0.667. The average molecular weight is 336 g/mol. The predicted octanol–water partition coefficient (Wildman–Crippen LogP) is 3.18. The van der Waals surface area contributed by atoms with Crippen LogP contribution in [0.3, 0.4) is 0 Å². The number of nitrogens with zero attached hydrogens (tertiary/aromatic N) is 2. The highest BCUT2D eigenvalue weighted by molar-refractivity contribution is 9.10. The molecule has 2 heterocycles. The molecule has 0 radical (unpaired) electrons. The summed E-state index contributed by atoms with van der Waals surface area (Å²) in [5.41, 5.74) is -0.837. The SMILES string of the molecule is CC1(C)CC(n2cnc(Cl)c(Br)c2=O)C(C)(C)O1. The van der Waals surface area contributed by atoms with Gasteiger partial charge in [0.15, 0.2) is 5.15 Å². The maximum Gasteiger partial charge on any atom is 0.269 e. The van der Waals surface area contributed by atoms with Gasteiger partial charge >= 0.3 is 0 Å². The van der Waals surface area contributed by atoms with E-state index in [0.29, 0.717) is 4.47 Å². The van der Waals surface area contributed by atoms with Gasteiger partial charge in [0, 0.05) is 0 Å². The van der Waals surface area contributed by atoms with Crippen molar-refractivity contribution in [2.75, 3.05) is 0 Å². The van der Waals surface area contributed by atoms with Gasteiger partial charge in [0.1, 0.15) is 4.47 Å². The first-order valence-corrected chi connectivity index (χ1v) is 6.93. The van der Waals surface area contributed by atoms with Crippen molar-refractivity contribution in [1.29, 1.82) is 0 Å². The van der Waals surface area contributed by atoms with Gasteiger partial charge < -0.3 is 4.74 Å². The first-order chi connectivity index (χ1) is 8.14. The highest BCUT2D eigenvalue weighted by Crippen LogP contribution is 2.44. The zero-order valence-electron chi connectivity index (χ0n) is 10.8. The Morgan fingerprint density at radius 2 is 2.11 bits per heavy atom. The molecule has 0 spiro atoms. The van der Waals surface area contributed by atoms with Gasteiger partial charge in [0.05, 0.1) is 23.6 Å². The Morgan fingerprint density at radius 3 is 2.61 bits per heavy atom. The zero-order chi connectivity index (χ0) is 13.7. The lowest BCUT2D eigenvalue weighted by Gasteiger charge is -2.28. The molecule has 0 N–H and O–H groups in total. The number of halogens is 2. The fourth-order valence-electron chi connectivity index (χ4n) is 2.61. The molecule has 1 aromatic heterocycles. The summed E-state index contributed by atoms with van der Waals surface area (Å²) in [4.78, 5) is 16.2. The minimum atomic E-state index is -0.414. The molecule has 6 heteroatoms. The van der Waals surface area contributed by atoms with E-state index in [-0.39, 0.29) is 22.4 Å². The molecular formula is C12H16BrClN2O2. The van der Waals surface area contributed by atoms with Gasteiger partial charge in [-0.2, -0.15) is 0 Å². The average Bonchev–Trinajstić information content (AvgIpc) is 2.44. The van der Waals surface area contributed by atoms with E-state index in [1.165, 1.54) is 6.33 Å². The van der Waals surface area contributed by atoms with Crippen molar-refractivity contribution < 1.29 is 4.74 Å². The molecule has 0 aromatic carbocycles. The highest BCUT2D eigenvalue weighted by Gasteiger charge is 2.47. The first kappa shape index (κ1) is 14.0. The van der Waals surface area contributed by atoms with Crippen molar-refractivity contribution >= 4 is 27.5 Å². The molecule has 1 unspecified atom stereocenters. The highest BCUT2D eigenvalue weighted by atomic mass is 79.9. The van der Waals surface area contributed by atoms with Crippen molar-refractivity contribution in [1.82, 2.24) is 9.55 Å². The van der Waals surface area contributed by atoms with Crippen LogP contribution in [0.2, 0.25) is 5.15 Å². The normalized spacial score (nSPS) is 25.3. The summed E-state index contributed by atoms with van der Waals surface area (Å²) in [6.45, 7) is 8.03. The lowest BCUT2D eigenvalue weighted by atomic mass is 9.94. The third-order valence-electron chi connectivity index (χ3n) is 3.26. The number of aromatic nitrogens is 2. The third kappa shape index (κ3) is 2.36. The summed E-state index contributed by atoms with van der Waals surface area (Å²) in [5.74, 6) is 0. The Kier molecular flexibility index (Phi) is 3.37. The van der Waals surface area contributed by atoms with Crippen molar-refractivity contribution in [2.45, 2.75) is 51.4 Å². The Hall–Kier alpha value is -0.390. The molecule has 0 amide bonds. The zero-order valence-corrected chi connectivity index (χ0v) is 13.2. The molecule has 1 saturated heterocycles. The van der Waals surface area contributed by atoms with E-state index in [0.717, 1.165) is 6.42 Å². The summed E-state index contributed by atoms with van der Waals surface area (Å²) in [7, 11) is 0. The van der Waals surface area contributed by atoms with Gasteiger partial charge in [-0.25, -0.2) is 4.98 Å². The van der Waals surface area contributed by atoms with Gasteiger partial charge in [-0.15, -0.1) is 0 Å². The van der Waals surface area contributed by atoms with Crippen molar-refractivity contribution in [3.05, 3.63) is 26.3 Å². The van der Waals surface area contributed by atoms with Gasteiger partial charge in [-0.05, 0) is 50.0 Å². The monoisotopic (exact) mass is 334 g/mol. The Morgan fingerprint density at radius 1 is 1.50 bits per heavy atom. The van der Waals surface area contributed by atoms with Crippen LogP contribution in [0.15, 0.2) is 15.6 Å². The summed E-state index contributed by atoms with van der Waals surface area (Å²) < 4.78 is 7.89. The number of rotatable bonds is 1. The van der Waals surface area contributed by atoms with E-state index in [9.17, 15) is 4.79 Å². The van der Waals surface area contributed by atoms with E-state index in [2.05, 4.69) is 20.9 Å². The standard InChI is InChI=1S/C12H16BrClN2O2/c1-11(2)5-7(12(3,4)18-11)16-6-15-9(14)8(13)10(16)17/h6-7H,5H2,1-4H3. The molecule has 1 atom stereocenters. The van der Waals surface area contributed by atoms with Crippen LogP contribution in [0.5, 0.6) is 0 Å². The summed E-state index contributed by atoms with van der Waals surface area (Å²) in [6.07, 6.45) is 2.25. The molecule has 0 aliphatic carbocycles. The molecule has 18 heavy (non-hydrogen) atoms. The summed E-state index contributed by atoms with van der Waals surface area (Å²) in [6, 6.07) is -0.0546. The molecule has 1 aliphatic rings. The van der Waals surface area contributed by atoms with Gasteiger partial charge in [0.25, 0.3) is 5.56 Å². The second-order valence-corrected chi connectivity index (χ2v) is 6.90. The van der Waals surface area contributed by atoms with Gasteiger partial charge in [0.2, 0.25) is 0 Å². The molecule has 1 aliphatic heterocycles. The number of hydrogen-bond acceptors (Lipinski definition) is 3. The third-order valence-corrected chi connectivity index (χ3v) is 4.49. The maximum atomic E-state index is 12.2. The maximum absolute atomic E-state index is 12.2. The second-order valence-electron chi connectivity index (χ2n) is 5.75. The van der Waals surface area contributed by atoms with Crippen LogP contribution in [0.1, 0.15) is 40.2 Å². The topological polar surface area (TPSA) is 44.1 Å². The molecule has 0 saturated carbocycles. The Balaban J connectivity index is 2.51. The van der Waals surface area contributed by atoms with Crippen LogP contribution < -0.4 is 5.56 Å². The van der Waals surface area contributed by atoms with E-state index in [1.54, 1.807) is 4.57 Å². The fourth-order valence-corrected chi connectivity index (χ4v) is 3.04. The Bertz CT molecular complexity index is 539. The molecule has 4 nitrogen and oxygen atoms in total. The Labute approximate surface area is 119 Å². The summed E-state index contributed by atoms with van der Waals surface area (Å²) in [5, 5.41) is 0.187. The lowest BCUT2D eigenvalue weighted by Crippen LogP contribution is -2.36. The van der Waals surface area contributed by atoms with E-state index in [4.69, 9.17) is 16.3 Å². The first-order valence-electron chi connectivity index (χ1n) is 5.76. The van der Waals surface area contributed by atoms with Crippen LogP contribution in [-0.2, 0) is 4.74 Å². The number of hydrogen-bond donors (Lipinski definition) is 0. The molecule has 2 rings (SSSR count). The van der Waals surface area contributed by atoms with Crippen LogP contribution in [0.4, 0.5) is 0 Å². The minimum Gasteiger partial charge on any atom is -0.367 e. The van der Waals surface area contributed by atoms with Crippen molar-refractivity contribution in [3.63, 3.8) is 0 Å².